The van der Waals surface area contributed by atoms with Gasteiger partial charge in [0.15, 0.2) is 0 Å². The number of amides is 1. The van der Waals surface area contributed by atoms with Gasteiger partial charge in [0.25, 0.3) is 5.56 Å². The molecule has 2 heterocycles. The van der Waals surface area contributed by atoms with E-state index in [0.717, 1.165) is 38.2 Å². The highest BCUT2D eigenvalue weighted by molar-refractivity contribution is 5.76. The summed E-state index contributed by atoms with van der Waals surface area (Å²) in [7, 11) is 0. The van der Waals surface area contributed by atoms with Gasteiger partial charge in [-0.05, 0) is 31.5 Å². The Balaban J connectivity index is 2.03. The van der Waals surface area contributed by atoms with E-state index >= 15 is 0 Å². The molecule has 0 saturated carbocycles. The number of rotatable bonds is 2. The summed E-state index contributed by atoms with van der Waals surface area (Å²) in [6.45, 7) is 5.28. The number of nitrogens with zero attached hydrogens (tertiary/aromatic N) is 2. The van der Waals surface area contributed by atoms with E-state index in [-0.39, 0.29) is 18.0 Å². The average Bonchev–Trinajstić information content (AvgIpc) is 2.61. The molecule has 1 aromatic rings. The number of aromatic nitrogens is 1. The first-order chi connectivity index (χ1) is 8.66. The molecule has 2 rings (SSSR count). The van der Waals surface area contributed by atoms with Crippen molar-refractivity contribution in [1.29, 1.82) is 0 Å². The Bertz CT molecular complexity index is 473. The van der Waals surface area contributed by atoms with E-state index in [1.54, 1.807) is 12.3 Å². The molecule has 5 heteroatoms. The molecule has 98 valence electrons. The van der Waals surface area contributed by atoms with Gasteiger partial charge in [-0.3, -0.25) is 9.59 Å². The van der Waals surface area contributed by atoms with E-state index in [4.69, 9.17) is 0 Å². The quantitative estimate of drug-likeness (QED) is 0.801. The molecule has 1 fully saturated rings. The first kappa shape index (κ1) is 12.8. The largest absolute Gasteiger partial charge is 0.340 e. The van der Waals surface area contributed by atoms with Gasteiger partial charge in [-0.25, -0.2) is 0 Å². The van der Waals surface area contributed by atoms with Crippen molar-refractivity contribution < 1.29 is 4.79 Å². The Hall–Kier alpha value is -1.62. The molecule has 1 aliphatic rings. The summed E-state index contributed by atoms with van der Waals surface area (Å²) in [5, 5.41) is 3.25. The van der Waals surface area contributed by atoms with E-state index in [0.29, 0.717) is 0 Å². The minimum atomic E-state index is -0.115. The summed E-state index contributed by atoms with van der Waals surface area (Å²) in [5.74, 6) is 0.0182. The fraction of sp³-hybridized carbons (Fsp3) is 0.538. The summed E-state index contributed by atoms with van der Waals surface area (Å²) in [4.78, 5) is 25.6. The van der Waals surface area contributed by atoms with Gasteiger partial charge in [0.1, 0.15) is 6.54 Å². The summed E-state index contributed by atoms with van der Waals surface area (Å²) in [5.41, 5.74) is 0.805. The van der Waals surface area contributed by atoms with Crippen LogP contribution < -0.4 is 10.9 Å². The summed E-state index contributed by atoms with van der Waals surface area (Å²) in [6, 6.07) is 3.40. The van der Waals surface area contributed by atoms with Gasteiger partial charge >= 0.3 is 0 Å². The molecule has 0 spiro atoms. The molecule has 1 aliphatic heterocycles. The van der Waals surface area contributed by atoms with Gasteiger partial charge in [-0.15, -0.1) is 0 Å². The number of aryl methyl sites for hydroxylation is 1. The van der Waals surface area contributed by atoms with Crippen molar-refractivity contribution in [3.8, 4) is 0 Å². The second kappa shape index (κ2) is 5.82. The number of carbonyl (C=O) groups is 1. The van der Waals surface area contributed by atoms with Crippen LogP contribution in [0.3, 0.4) is 0 Å². The summed E-state index contributed by atoms with van der Waals surface area (Å²) >= 11 is 0. The van der Waals surface area contributed by atoms with Crippen LogP contribution in [0, 0.1) is 6.92 Å². The topological polar surface area (TPSA) is 54.3 Å². The zero-order valence-corrected chi connectivity index (χ0v) is 10.7. The van der Waals surface area contributed by atoms with Gasteiger partial charge in [0.2, 0.25) is 5.91 Å². The first-order valence-corrected chi connectivity index (χ1v) is 6.32. The molecule has 0 bridgehead atoms. The molecule has 0 radical (unpaired) electrons. The molecule has 5 nitrogen and oxygen atoms in total. The molecule has 0 aliphatic carbocycles. The van der Waals surface area contributed by atoms with Crippen LogP contribution in [0.2, 0.25) is 0 Å². The highest BCUT2D eigenvalue weighted by atomic mass is 16.2. The Morgan fingerprint density at radius 2 is 2.22 bits per heavy atom. The SMILES string of the molecule is Cc1ccn(CC(=O)N2CCCNCC2)c(=O)c1. The minimum Gasteiger partial charge on any atom is -0.340 e. The highest BCUT2D eigenvalue weighted by Gasteiger charge is 2.15. The molecule has 1 N–H and O–H groups in total. The maximum Gasteiger partial charge on any atom is 0.251 e. The molecule has 1 saturated heterocycles. The predicted molar refractivity (Wildman–Crippen MR) is 69.5 cm³/mol. The lowest BCUT2D eigenvalue weighted by Crippen LogP contribution is -2.38. The molecule has 1 aromatic heterocycles. The number of pyridine rings is 1. The molecule has 18 heavy (non-hydrogen) atoms. The Labute approximate surface area is 106 Å². The average molecular weight is 249 g/mol. The van der Waals surface area contributed by atoms with E-state index in [1.165, 1.54) is 4.57 Å². The summed E-state index contributed by atoms with van der Waals surface area (Å²) < 4.78 is 1.47. The second-order valence-electron chi connectivity index (χ2n) is 4.65. The number of hydrogen-bond donors (Lipinski definition) is 1. The standard InChI is InChI=1S/C13H19N3O2/c1-11-3-7-16(12(17)9-11)10-13(18)15-6-2-4-14-5-8-15/h3,7,9,14H,2,4-6,8,10H2,1H3. The Kier molecular flexibility index (Phi) is 4.15. The molecule has 0 atom stereocenters. The molecule has 0 aromatic carbocycles. The number of nitrogens with one attached hydrogen (secondary N) is 1. The fourth-order valence-electron chi connectivity index (χ4n) is 2.08. The van der Waals surface area contributed by atoms with Crippen molar-refractivity contribution >= 4 is 5.91 Å². The first-order valence-electron chi connectivity index (χ1n) is 6.32. The van der Waals surface area contributed by atoms with Crippen LogP contribution in [0.25, 0.3) is 0 Å². The van der Waals surface area contributed by atoms with Crippen molar-refractivity contribution in [1.82, 2.24) is 14.8 Å². The van der Waals surface area contributed by atoms with Crippen LogP contribution >= 0.6 is 0 Å². The van der Waals surface area contributed by atoms with E-state index in [2.05, 4.69) is 5.32 Å². The molecule has 0 unspecified atom stereocenters. The van der Waals surface area contributed by atoms with Gasteiger partial charge in [-0.1, -0.05) is 0 Å². The second-order valence-corrected chi connectivity index (χ2v) is 4.65. The Morgan fingerprint density at radius 1 is 1.39 bits per heavy atom. The van der Waals surface area contributed by atoms with E-state index in [9.17, 15) is 9.59 Å². The van der Waals surface area contributed by atoms with Crippen LogP contribution in [0.5, 0.6) is 0 Å². The summed E-state index contributed by atoms with van der Waals surface area (Å²) in [6.07, 6.45) is 2.65. The van der Waals surface area contributed by atoms with Crippen molar-refractivity contribution in [3.05, 3.63) is 34.2 Å². The predicted octanol–water partition coefficient (Wildman–Crippen LogP) is -0.0214. The van der Waals surface area contributed by atoms with Crippen LogP contribution in [0.4, 0.5) is 0 Å². The fourth-order valence-corrected chi connectivity index (χ4v) is 2.08. The zero-order chi connectivity index (χ0) is 13.0. The van der Waals surface area contributed by atoms with E-state index < -0.39 is 0 Å². The monoisotopic (exact) mass is 249 g/mol. The third-order valence-corrected chi connectivity index (χ3v) is 3.15. The van der Waals surface area contributed by atoms with Crippen molar-refractivity contribution in [2.75, 3.05) is 26.2 Å². The van der Waals surface area contributed by atoms with Crippen molar-refractivity contribution in [2.24, 2.45) is 0 Å². The zero-order valence-electron chi connectivity index (χ0n) is 10.7. The number of carbonyl (C=O) groups excluding carboxylic acids is 1. The number of hydrogen-bond acceptors (Lipinski definition) is 3. The van der Waals surface area contributed by atoms with E-state index in [1.807, 2.05) is 17.9 Å². The normalized spacial score (nSPS) is 16.4. The van der Waals surface area contributed by atoms with Crippen LogP contribution in [0.15, 0.2) is 23.1 Å². The van der Waals surface area contributed by atoms with Gasteiger partial charge < -0.3 is 14.8 Å². The van der Waals surface area contributed by atoms with Crippen LogP contribution in [-0.4, -0.2) is 41.6 Å². The van der Waals surface area contributed by atoms with Crippen molar-refractivity contribution in [3.63, 3.8) is 0 Å². The Morgan fingerprint density at radius 3 is 3.00 bits per heavy atom. The molecular weight excluding hydrogens is 230 g/mol. The lowest BCUT2D eigenvalue weighted by molar-refractivity contribution is -0.131. The van der Waals surface area contributed by atoms with Gasteiger partial charge in [0.05, 0.1) is 0 Å². The third kappa shape index (κ3) is 3.20. The smallest absolute Gasteiger partial charge is 0.251 e. The highest BCUT2D eigenvalue weighted by Crippen LogP contribution is 1.98. The maximum absolute atomic E-state index is 12.1. The lowest BCUT2D eigenvalue weighted by Gasteiger charge is -2.20. The van der Waals surface area contributed by atoms with Gasteiger partial charge in [0, 0.05) is 31.9 Å². The van der Waals surface area contributed by atoms with Gasteiger partial charge in [-0.2, -0.15) is 0 Å². The minimum absolute atomic E-state index is 0.0182. The maximum atomic E-state index is 12.1. The van der Waals surface area contributed by atoms with Crippen molar-refractivity contribution in [2.45, 2.75) is 19.9 Å². The van der Waals surface area contributed by atoms with Crippen LogP contribution in [-0.2, 0) is 11.3 Å². The van der Waals surface area contributed by atoms with Crippen LogP contribution in [0.1, 0.15) is 12.0 Å². The molecule has 1 amide bonds. The molecular formula is C13H19N3O2. The lowest BCUT2D eigenvalue weighted by atomic mass is 10.3. The third-order valence-electron chi connectivity index (χ3n) is 3.15.